The zero-order chi connectivity index (χ0) is 19.6. The van der Waals surface area contributed by atoms with Crippen LogP contribution in [0.5, 0.6) is 17.2 Å². The van der Waals surface area contributed by atoms with Gasteiger partial charge in [0.1, 0.15) is 22.8 Å². The minimum Gasteiger partial charge on any atom is -0.497 e. The van der Waals surface area contributed by atoms with Crippen LogP contribution in [0.15, 0.2) is 42.5 Å². The normalized spacial score (nSPS) is 17.6. The number of nitrogens with one attached hydrogen (secondary N) is 1. The number of rotatable bonds is 5. The molecule has 1 atom stereocenters. The summed E-state index contributed by atoms with van der Waals surface area (Å²) in [6.45, 7) is 7.99. The molecule has 3 rings (SSSR count). The van der Waals surface area contributed by atoms with Crippen molar-refractivity contribution in [2.45, 2.75) is 51.9 Å². The summed E-state index contributed by atoms with van der Waals surface area (Å²) in [6, 6.07) is 12.8. The molecule has 2 aromatic carbocycles. The van der Waals surface area contributed by atoms with Crippen LogP contribution in [0.4, 0.5) is 0 Å². The molecule has 27 heavy (non-hydrogen) atoms. The minimum absolute atomic E-state index is 0.0997. The van der Waals surface area contributed by atoms with E-state index in [0.717, 1.165) is 22.8 Å². The lowest BCUT2D eigenvalue weighted by molar-refractivity contribution is 0.0617. The molecule has 2 aromatic rings. The highest BCUT2D eigenvalue weighted by Gasteiger charge is 2.35. The van der Waals surface area contributed by atoms with E-state index in [9.17, 15) is 4.79 Å². The molecule has 0 bridgehead atoms. The molecule has 0 radical (unpaired) electrons. The number of carbonyl (C=O) groups excluding carboxylic acids is 1. The molecule has 0 saturated heterocycles. The Hall–Kier alpha value is -2.69. The third-order valence-corrected chi connectivity index (χ3v) is 4.47. The van der Waals surface area contributed by atoms with E-state index in [1.165, 1.54) is 0 Å². The fourth-order valence-electron chi connectivity index (χ4n) is 3.29. The third-order valence-electron chi connectivity index (χ3n) is 4.47. The third kappa shape index (κ3) is 4.54. The van der Waals surface area contributed by atoms with Crippen molar-refractivity contribution >= 4 is 5.91 Å². The molecule has 144 valence electrons. The first kappa shape index (κ1) is 19.1. The quantitative estimate of drug-likeness (QED) is 0.842. The first-order valence-electron chi connectivity index (χ1n) is 9.22. The van der Waals surface area contributed by atoms with Crippen LogP contribution in [0.25, 0.3) is 0 Å². The number of hydrogen-bond donors (Lipinski definition) is 1. The highest BCUT2D eigenvalue weighted by Crippen LogP contribution is 2.41. The first-order chi connectivity index (χ1) is 12.8. The molecule has 0 aliphatic carbocycles. The molecule has 0 unspecified atom stereocenters. The summed E-state index contributed by atoms with van der Waals surface area (Å²) in [7, 11) is 1.63. The summed E-state index contributed by atoms with van der Waals surface area (Å²) in [5, 5.41) is 3.14. The van der Waals surface area contributed by atoms with Crippen LogP contribution in [0, 0.1) is 0 Å². The van der Waals surface area contributed by atoms with Crippen LogP contribution < -0.4 is 19.5 Å². The van der Waals surface area contributed by atoms with Crippen LogP contribution in [0.1, 0.15) is 56.1 Å². The summed E-state index contributed by atoms with van der Waals surface area (Å²) in [6.07, 6.45) is 0.787. The van der Waals surface area contributed by atoms with E-state index in [2.05, 4.69) is 5.32 Å². The topological polar surface area (TPSA) is 56.8 Å². The Kier molecular flexibility index (Phi) is 5.31. The van der Waals surface area contributed by atoms with E-state index in [4.69, 9.17) is 14.2 Å². The highest BCUT2D eigenvalue weighted by molar-refractivity contribution is 5.94. The van der Waals surface area contributed by atoms with E-state index in [0.29, 0.717) is 12.0 Å². The monoisotopic (exact) mass is 369 g/mol. The van der Waals surface area contributed by atoms with Crippen molar-refractivity contribution in [3.8, 4) is 17.2 Å². The van der Waals surface area contributed by atoms with Crippen molar-refractivity contribution in [2.24, 2.45) is 0 Å². The van der Waals surface area contributed by atoms with Gasteiger partial charge in [-0.2, -0.15) is 0 Å². The number of amides is 1. The van der Waals surface area contributed by atoms with Crippen molar-refractivity contribution in [1.82, 2.24) is 5.32 Å². The van der Waals surface area contributed by atoms with Crippen molar-refractivity contribution in [3.05, 3.63) is 53.6 Å². The lowest BCUT2D eigenvalue weighted by atomic mass is 9.89. The van der Waals surface area contributed by atoms with Gasteiger partial charge in [0, 0.05) is 23.6 Å². The van der Waals surface area contributed by atoms with Crippen LogP contribution >= 0.6 is 0 Å². The molecule has 1 aliphatic rings. The summed E-state index contributed by atoms with van der Waals surface area (Å²) in [4.78, 5) is 12.8. The lowest BCUT2D eigenvalue weighted by Crippen LogP contribution is -2.41. The molecule has 0 spiro atoms. The second-order valence-corrected chi connectivity index (χ2v) is 7.69. The van der Waals surface area contributed by atoms with Gasteiger partial charge in [0.05, 0.1) is 19.3 Å². The van der Waals surface area contributed by atoms with Gasteiger partial charge < -0.3 is 19.5 Å². The molecule has 1 aliphatic heterocycles. The molecule has 5 heteroatoms. The van der Waals surface area contributed by atoms with Crippen molar-refractivity contribution in [2.75, 3.05) is 7.11 Å². The SMILES string of the molecule is COc1ccc2c(c1)OC(C)(C)C[C@@H]2NC(=O)c1ccc(OC(C)C)cc1. The Balaban J connectivity index is 1.79. The van der Waals surface area contributed by atoms with Crippen LogP contribution in [0.2, 0.25) is 0 Å². The van der Waals surface area contributed by atoms with Crippen LogP contribution in [-0.4, -0.2) is 24.7 Å². The van der Waals surface area contributed by atoms with E-state index >= 15 is 0 Å². The van der Waals surface area contributed by atoms with Gasteiger partial charge >= 0.3 is 0 Å². The fraction of sp³-hybridized carbons (Fsp3) is 0.409. The van der Waals surface area contributed by atoms with Gasteiger partial charge in [-0.25, -0.2) is 0 Å². The molecule has 5 nitrogen and oxygen atoms in total. The predicted octanol–water partition coefficient (Wildman–Crippen LogP) is 4.51. The molecular weight excluding hydrogens is 342 g/mol. The number of methoxy groups -OCH3 is 1. The average molecular weight is 369 g/mol. The van der Waals surface area contributed by atoms with Gasteiger partial charge in [-0.3, -0.25) is 4.79 Å². The standard InChI is InChI=1S/C22H27NO4/c1-14(2)26-16-8-6-15(7-9-16)21(24)23-19-13-22(3,4)27-20-12-17(25-5)10-11-18(19)20/h6-12,14,19H,13H2,1-5H3,(H,23,24)/t19-/m0/s1. The molecule has 1 amide bonds. The maximum Gasteiger partial charge on any atom is 0.251 e. The Bertz CT molecular complexity index is 812. The maximum absolute atomic E-state index is 12.8. The molecular formula is C22H27NO4. The van der Waals surface area contributed by atoms with E-state index in [1.54, 1.807) is 19.2 Å². The van der Waals surface area contributed by atoms with Crippen molar-refractivity contribution in [1.29, 1.82) is 0 Å². The molecule has 0 aromatic heterocycles. The smallest absolute Gasteiger partial charge is 0.251 e. The number of hydrogen-bond acceptors (Lipinski definition) is 4. The minimum atomic E-state index is -0.383. The number of fused-ring (bicyclic) bond motifs is 1. The Morgan fingerprint density at radius 3 is 2.44 bits per heavy atom. The average Bonchev–Trinajstić information content (AvgIpc) is 2.60. The molecule has 1 N–H and O–H groups in total. The predicted molar refractivity (Wildman–Crippen MR) is 105 cm³/mol. The van der Waals surface area contributed by atoms with Gasteiger partial charge in [0.15, 0.2) is 0 Å². The van der Waals surface area contributed by atoms with E-state index in [1.807, 2.05) is 58.0 Å². The van der Waals surface area contributed by atoms with Crippen LogP contribution in [-0.2, 0) is 0 Å². The summed E-state index contributed by atoms with van der Waals surface area (Å²) in [5.41, 5.74) is 1.18. The Morgan fingerprint density at radius 2 is 1.81 bits per heavy atom. The Labute approximate surface area is 160 Å². The summed E-state index contributed by atoms with van der Waals surface area (Å²) >= 11 is 0. The second kappa shape index (κ2) is 7.51. The van der Waals surface area contributed by atoms with Crippen LogP contribution in [0.3, 0.4) is 0 Å². The zero-order valence-corrected chi connectivity index (χ0v) is 16.5. The Morgan fingerprint density at radius 1 is 1.15 bits per heavy atom. The van der Waals surface area contributed by atoms with Gasteiger partial charge in [0.25, 0.3) is 5.91 Å². The lowest BCUT2D eigenvalue weighted by Gasteiger charge is -2.38. The molecule has 0 fully saturated rings. The highest BCUT2D eigenvalue weighted by atomic mass is 16.5. The summed E-state index contributed by atoms with van der Waals surface area (Å²) < 4.78 is 17.0. The van der Waals surface area contributed by atoms with E-state index in [-0.39, 0.29) is 23.7 Å². The second-order valence-electron chi connectivity index (χ2n) is 7.69. The number of carbonyl (C=O) groups is 1. The number of ether oxygens (including phenoxy) is 3. The molecule has 0 saturated carbocycles. The fourth-order valence-corrected chi connectivity index (χ4v) is 3.29. The van der Waals surface area contributed by atoms with Crippen molar-refractivity contribution in [3.63, 3.8) is 0 Å². The number of benzene rings is 2. The zero-order valence-electron chi connectivity index (χ0n) is 16.5. The van der Waals surface area contributed by atoms with E-state index < -0.39 is 0 Å². The van der Waals surface area contributed by atoms with Gasteiger partial charge in [-0.1, -0.05) is 0 Å². The molecule has 1 heterocycles. The first-order valence-corrected chi connectivity index (χ1v) is 9.22. The largest absolute Gasteiger partial charge is 0.497 e. The van der Waals surface area contributed by atoms with Crippen molar-refractivity contribution < 1.29 is 19.0 Å². The van der Waals surface area contributed by atoms with Gasteiger partial charge in [-0.05, 0) is 64.1 Å². The maximum atomic E-state index is 12.8. The van der Waals surface area contributed by atoms with Gasteiger partial charge in [0.2, 0.25) is 0 Å². The van der Waals surface area contributed by atoms with Gasteiger partial charge in [-0.15, -0.1) is 0 Å². The summed E-state index contributed by atoms with van der Waals surface area (Å²) in [5.74, 6) is 2.12.